The van der Waals surface area contributed by atoms with Gasteiger partial charge >= 0.3 is 11.8 Å². The van der Waals surface area contributed by atoms with Crippen molar-refractivity contribution in [1.82, 2.24) is 5.32 Å². The maximum atomic E-state index is 13.1. The largest absolute Gasteiger partial charge is 0.344 e. The van der Waals surface area contributed by atoms with Crippen molar-refractivity contribution in [2.75, 3.05) is 11.9 Å². The minimum Gasteiger partial charge on any atom is -0.344 e. The first-order chi connectivity index (χ1) is 8.04. The Kier molecular flexibility index (Phi) is 4.33. The zero-order valence-electron chi connectivity index (χ0n) is 8.80. The van der Waals surface area contributed by atoms with E-state index in [2.05, 4.69) is 11.9 Å². The third kappa shape index (κ3) is 3.67. The fourth-order valence-corrected chi connectivity index (χ4v) is 1.02. The summed E-state index contributed by atoms with van der Waals surface area (Å²) in [6.07, 6.45) is 1.38. The Labute approximate surface area is 96.3 Å². The Morgan fingerprint density at radius 2 is 2.00 bits per heavy atom. The van der Waals surface area contributed by atoms with E-state index in [4.69, 9.17) is 0 Å². The normalized spacial score (nSPS) is 9.53. The summed E-state index contributed by atoms with van der Waals surface area (Å²) in [5.74, 6) is -3.56. The van der Waals surface area contributed by atoms with Crippen molar-refractivity contribution >= 4 is 17.5 Å². The van der Waals surface area contributed by atoms with E-state index in [1.807, 2.05) is 5.32 Å². The van der Waals surface area contributed by atoms with Crippen LogP contribution in [-0.2, 0) is 9.59 Å². The number of anilines is 1. The van der Waals surface area contributed by atoms with Crippen LogP contribution in [0.15, 0.2) is 30.9 Å². The molecule has 0 aliphatic heterocycles. The molecule has 0 aromatic heterocycles. The molecule has 4 nitrogen and oxygen atoms in total. The Morgan fingerprint density at radius 1 is 1.29 bits per heavy atom. The predicted octanol–water partition coefficient (Wildman–Crippen LogP) is 1.21. The van der Waals surface area contributed by atoms with Gasteiger partial charge in [0.1, 0.15) is 11.6 Å². The van der Waals surface area contributed by atoms with E-state index in [0.717, 1.165) is 18.2 Å². The zero-order valence-corrected chi connectivity index (χ0v) is 8.80. The molecule has 0 fully saturated rings. The Bertz CT molecular complexity index is 461. The first kappa shape index (κ1) is 12.8. The van der Waals surface area contributed by atoms with E-state index in [1.54, 1.807) is 0 Å². The molecule has 0 unspecified atom stereocenters. The summed E-state index contributed by atoms with van der Waals surface area (Å²) < 4.78 is 25.9. The van der Waals surface area contributed by atoms with E-state index in [0.29, 0.717) is 0 Å². The van der Waals surface area contributed by atoms with Crippen LogP contribution < -0.4 is 10.6 Å². The maximum Gasteiger partial charge on any atom is 0.313 e. The molecule has 0 aliphatic carbocycles. The summed E-state index contributed by atoms with van der Waals surface area (Å²) in [6, 6.07) is 2.55. The van der Waals surface area contributed by atoms with Crippen molar-refractivity contribution in [1.29, 1.82) is 0 Å². The molecule has 6 heteroatoms. The second kappa shape index (κ2) is 5.74. The number of nitrogens with one attached hydrogen (secondary N) is 2. The van der Waals surface area contributed by atoms with Gasteiger partial charge in [-0.3, -0.25) is 9.59 Å². The molecule has 17 heavy (non-hydrogen) atoms. The SMILES string of the molecule is C=CCNC(=O)C(=O)Nc1cc(F)ccc1F. The van der Waals surface area contributed by atoms with Gasteiger partial charge in [0, 0.05) is 12.6 Å². The van der Waals surface area contributed by atoms with Gasteiger partial charge in [0.15, 0.2) is 0 Å². The van der Waals surface area contributed by atoms with Crippen LogP contribution in [0, 0.1) is 11.6 Å². The minimum absolute atomic E-state index is 0.109. The Hall–Kier alpha value is -2.24. The first-order valence-electron chi connectivity index (χ1n) is 4.69. The standard InChI is InChI=1S/C11H10F2N2O2/c1-2-5-14-10(16)11(17)15-9-6-7(12)3-4-8(9)13/h2-4,6H,1,5H2,(H,14,16)(H,15,17). The number of benzene rings is 1. The molecule has 1 aromatic carbocycles. The number of hydrogen-bond donors (Lipinski definition) is 2. The van der Waals surface area contributed by atoms with Gasteiger partial charge in [0.2, 0.25) is 0 Å². The highest BCUT2D eigenvalue weighted by Gasteiger charge is 2.14. The summed E-state index contributed by atoms with van der Waals surface area (Å²) in [5, 5.41) is 4.16. The molecule has 0 atom stereocenters. The lowest BCUT2D eigenvalue weighted by Crippen LogP contribution is -2.35. The second-order valence-corrected chi connectivity index (χ2v) is 3.08. The van der Waals surface area contributed by atoms with E-state index >= 15 is 0 Å². The minimum atomic E-state index is -1.07. The van der Waals surface area contributed by atoms with E-state index < -0.39 is 23.4 Å². The third-order valence-electron chi connectivity index (χ3n) is 1.79. The van der Waals surface area contributed by atoms with Gasteiger partial charge in [-0.2, -0.15) is 0 Å². The predicted molar refractivity (Wildman–Crippen MR) is 58.2 cm³/mol. The fourth-order valence-electron chi connectivity index (χ4n) is 1.02. The number of halogens is 2. The monoisotopic (exact) mass is 240 g/mol. The molecule has 0 saturated heterocycles. The summed E-state index contributed by atoms with van der Waals surface area (Å²) >= 11 is 0. The van der Waals surface area contributed by atoms with Crippen LogP contribution >= 0.6 is 0 Å². The smallest absolute Gasteiger partial charge is 0.313 e. The van der Waals surface area contributed by atoms with Gasteiger partial charge in [-0.25, -0.2) is 8.78 Å². The van der Waals surface area contributed by atoms with Crippen LogP contribution in [0.3, 0.4) is 0 Å². The van der Waals surface area contributed by atoms with Crippen LogP contribution in [-0.4, -0.2) is 18.4 Å². The average Bonchev–Trinajstić information content (AvgIpc) is 2.30. The number of amides is 2. The molecule has 0 radical (unpaired) electrons. The molecular formula is C11H10F2N2O2. The van der Waals surface area contributed by atoms with Gasteiger partial charge in [0.05, 0.1) is 5.69 Å². The molecule has 2 amide bonds. The molecule has 1 rings (SSSR count). The number of hydrogen-bond acceptors (Lipinski definition) is 2. The highest BCUT2D eigenvalue weighted by atomic mass is 19.1. The van der Waals surface area contributed by atoms with Crippen LogP contribution in [0.1, 0.15) is 0 Å². The van der Waals surface area contributed by atoms with Crippen LogP contribution in [0.25, 0.3) is 0 Å². The number of rotatable bonds is 3. The molecule has 0 bridgehead atoms. The van der Waals surface area contributed by atoms with Crippen molar-refractivity contribution in [3.05, 3.63) is 42.5 Å². The lowest BCUT2D eigenvalue weighted by Gasteiger charge is -2.06. The van der Waals surface area contributed by atoms with Crippen LogP contribution in [0.2, 0.25) is 0 Å². The van der Waals surface area contributed by atoms with Gasteiger partial charge in [-0.1, -0.05) is 6.08 Å². The van der Waals surface area contributed by atoms with Gasteiger partial charge < -0.3 is 10.6 Å². The second-order valence-electron chi connectivity index (χ2n) is 3.08. The lowest BCUT2D eigenvalue weighted by molar-refractivity contribution is -0.136. The topological polar surface area (TPSA) is 58.2 Å². The molecule has 0 spiro atoms. The maximum absolute atomic E-state index is 13.1. The lowest BCUT2D eigenvalue weighted by atomic mass is 10.3. The number of carbonyl (C=O) groups is 2. The number of carbonyl (C=O) groups excluding carboxylic acids is 2. The Morgan fingerprint density at radius 3 is 2.65 bits per heavy atom. The zero-order chi connectivity index (χ0) is 12.8. The van der Waals surface area contributed by atoms with E-state index in [9.17, 15) is 18.4 Å². The molecule has 90 valence electrons. The summed E-state index contributed by atoms with van der Waals surface area (Å²) in [5.41, 5.74) is -0.385. The molecule has 1 aromatic rings. The molecule has 0 heterocycles. The third-order valence-corrected chi connectivity index (χ3v) is 1.79. The van der Waals surface area contributed by atoms with Crippen molar-refractivity contribution in [3.8, 4) is 0 Å². The van der Waals surface area contributed by atoms with Crippen LogP contribution in [0.4, 0.5) is 14.5 Å². The molecule has 0 saturated carbocycles. The summed E-state index contributed by atoms with van der Waals surface area (Å²) in [7, 11) is 0. The molecule has 0 aliphatic rings. The summed E-state index contributed by atoms with van der Waals surface area (Å²) in [4.78, 5) is 22.4. The molecular weight excluding hydrogens is 230 g/mol. The first-order valence-corrected chi connectivity index (χ1v) is 4.69. The highest BCUT2D eigenvalue weighted by Crippen LogP contribution is 2.14. The van der Waals surface area contributed by atoms with Gasteiger partial charge in [-0.15, -0.1) is 6.58 Å². The fraction of sp³-hybridized carbons (Fsp3) is 0.0909. The highest BCUT2D eigenvalue weighted by molar-refractivity contribution is 6.39. The van der Waals surface area contributed by atoms with Crippen LogP contribution in [0.5, 0.6) is 0 Å². The Balaban J connectivity index is 2.70. The van der Waals surface area contributed by atoms with Crippen molar-refractivity contribution < 1.29 is 18.4 Å². The van der Waals surface area contributed by atoms with Gasteiger partial charge in [0.25, 0.3) is 0 Å². The van der Waals surface area contributed by atoms with Crippen molar-refractivity contribution in [2.24, 2.45) is 0 Å². The van der Waals surface area contributed by atoms with E-state index in [-0.39, 0.29) is 12.2 Å². The average molecular weight is 240 g/mol. The van der Waals surface area contributed by atoms with Crippen molar-refractivity contribution in [3.63, 3.8) is 0 Å². The van der Waals surface area contributed by atoms with Gasteiger partial charge in [-0.05, 0) is 12.1 Å². The van der Waals surface area contributed by atoms with E-state index in [1.165, 1.54) is 6.08 Å². The summed E-state index contributed by atoms with van der Waals surface area (Å²) in [6.45, 7) is 3.45. The quantitative estimate of drug-likeness (QED) is 0.616. The van der Waals surface area contributed by atoms with Crippen molar-refractivity contribution in [2.45, 2.75) is 0 Å². The molecule has 2 N–H and O–H groups in total.